The molecule has 5 heteroatoms. The molecule has 0 saturated carbocycles. The zero-order chi connectivity index (χ0) is 14.5. The van der Waals surface area contributed by atoms with E-state index in [0.717, 1.165) is 42.0 Å². The van der Waals surface area contributed by atoms with Gasteiger partial charge in [0.1, 0.15) is 0 Å². The first kappa shape index (κ1) is 16.0. The van der Waals surface area contributed by atoms with E-state index in [1.54, 1.807) is 0 Å². The third kappa shape index (κ3) is 4.06. The second kappa shape index (κ2) is 7.57. The summed E-state index contributed by atoms with van der Waals surface area (Å²) in [5, 5.41) is 3.51. The van der Waals surface area contributed by atoms with Crippen molar-refractivity contribution in [3.05, 3.63) is 28.2 Å². The van der Waals surface area contributed by atoms with Crippen LogP contribution in [0.4, 0.5) is 5.69 Å². The van der Waals surface area contributed by atoms with Gasteiger partial charge in [-0.3, -0.25) is 4.21 Å². The number of nitrogens with one attached hydrogen (secondary N) is 1. The van der Waals surface area contributed by atoms with E-state index in [1.165, 1.54) is 11.3 Å². The van der Waals surface area contributed by atoms with Gasteiger partial charge in [-0.15, -0.1) is 0 Å². The van der Waals surface area contributed by atoms with E-state index in [1.807, 2.05) is 0 Å². The molecule has 0 aromatic heterocycles. The lowest BCUT2D eigenvalue weighted by molar-refractivity contribution is 0.569. The fourth-order valence-electron chi connectivity index (χ4n) is 2.43. The molecule has 0 spiro atoms. The second-order valence-corrected chi connectivity index (χ2v) is 7.77. The van der Waals surface area contributed by atoms with Crippen LogP contribution >= 0.6 is 15.9 Å². The second-order valence-electron chi connectivity index (χ2n) is 5.22. The number of anilines is 1. The number of halogens is 1. The van der Waals surface area contributed by atoms with Crippen molar-refractivity contribution >= 4 is 32.4 Å². The third-order valence-electron chi connectivity index (χ3n) is 3.69. The van der Waals surface area contributed by atoms with Crippen molar-refractivity contribution in [2.75, 3.05) is 36.0 Å². The Hall–Kier alpha value is -0.390. The Morgan fingerprint density at radius 3 is 2.70 bits per heavy atom. The average Bonchev–Trinajstić information content (AvgIpc) is 2.45. The van der Waals surface area contributed by atoms with E-state index in [-0.39, 0.29) is 0 Å². The van der Waals surface area contributed by atoms with Crippen LogP contribution in [0, 0.1) is 0 Å². The van der Waals surface area contributed by atoms with Crippen LogP contribution in [0.3, 0.4) is 0 Å². The van der Waals surface area contributed by atoms with E-state index in [9.17, 15) is 4.21 Å². The maximum atomic E-state index is 11.4. The Labute approximate surface area is 132 Å². The first-order valence-electron chi connectivity index (χ1n) is 7.24. The largest absolute Gasteiger partial charge is 0.370 e. The Kier molecular flexibility index (Phi) is 6.05. The molecule has 3 nitrogen and oxygen atoms in total. The Balaban J connectivity index is 2.07. The van der Waals surface area contributed by atoms with Gasteiger partial charge < -0.3 is 10.2 Å². The fraction of sp³-hybridized carbons (Fsp3) is 0.600. The zero-order valence-electron chi connectivity index (χ0n) is 12.2. The highest BCUT2D eigenvalue weighted by Crippen LogP contribution is 2.28. The lowest BCUT2D eigenvalue weighted by Crippen LogP contribution is -2.37. The summed E-state index contributed by atoms with van der Waals surface area (Å²) in [5.74, 6) is 1.57. The quantitative estimate of drug-likeness (QED) is 0.877. The Bertz CT molecular complexity index is 471. The lowest BCUT2D eigenvalue weighted by Gasteiger charge is -2.29. The van der Waals surface area contributed by atoms with Gasteiger partial charge in [-0.1, -0.05) is 28.9 Å². The molecule has 1 N–H and O–H groups in total. The minimum atomic E-state index is -0.619. The summed E-state index contributed by atoms with van der Waals surface area (Å²) in [6, 6.07) is 6.91. The molecule has 1 aromatic rings. The zero-order valence-corrected chi connectivity index (χ0v) is 14.6. The topological polar surface area (TPSA) is 32.3 Å². The van der Waals surface area contributed by atoms with Gasteiger partial charge in [0.25, 0.3) is 0 Å². The summed E-state index contributed by atoms with van der Waals surface area (Å²) in [5.41, 5.74) is 2.52. The van der Waals surface area contributed by atoms with Gasteiger partial charge in [0.15, 0.2) is 0 Å². The predicted molar refractivity (Wildman–Crippen MR) is 90.9 cm³/mol. The van der Waals surface area contributed by atoms with E-state index >= 15 is 0 Å². The standard InChI is InChI=1S/C15H23BrN2OS/c1-3-6-17-12(2)14-5-4-13(11-15(14)16)18-7-9-20(19)10-8-18/h4-5,11-12,17H,3,6-10H2,1-2H3. The third-order valence-corrected chi connectivity index (χ3v) is 5.66. The van der Waals surface area contributed by atoms with Crippen LogP contribution in [0.2, 0.25) is 0 Å². The molecular formula is C15H23BrN2OS. The predicted octanol–water partition coefficient (Wildman–Crippen LogP) is 3.08. The number of hydrogen-bond donors (Lipinski definition) is 1. The van der Waals surface area contributed by atoms with Crippen molar-refractivity contribution in [1.82, 2.24) is 5.32 Å². The summed E-state index contributed by atoms with van der Waals surface area (Å²) in [4.78, 5) is 2.32. The molecule has 1 fully saturated rings. The smallest absolute Gasteiger partial charge is 0.0411 e. The van der Waals surface area contributed by atoms with Gasteiger partial charge >= 0.3 is 0 Å². The van der Waals surface area contributed by atoms with Crippen LogP contribution in [0.1, 0.15) is 31.9 Å². The van der Waals surface area contributed by atoms with Crippen molar-refractivity contribution in [3.63, 3.8) is 0 Å². The normalized spacial score (nSPS) is 18.2. The van der Waals surface area contributed by atoms with E-state index < -0.39 is 10.8 Å². The van der Waals surface area contributed by atoms with Gasteiger partial charge in [0.05, 0.1) is 0 Å². The highest BCUT2D eigenvalue weighted by molar-refractivity contribution is 9.10. The molecule has 0 radical (unpaired) electrons. The minimum absolute atomic E-state index is 0.354. The van der Waals surface area contributed by atoms with Crippen LogP contribution in [-0.2, 0) is 10.8 Å². The maximum absolute atomic E-state index is 11.4. The van der Waals surface area contributed by atoms with E-state index in [0.29, 0.717) is 6.04 Å². The van der Waals surface area contributed by atoms with Gasteiger partial charge in [0.2, 0.25) is 0 Å². The molecule has 1 heterocycles. The first-order chi connectivity index (χ1) is 9.61. The Morgan fingerprint density at radius 2 is 2.10 bits per heavy atom. The molecule has 1 aromatic carbocycles. The van der Waals surface area contributed by atoms with Crippen LogP contribution in [0.25, 0.3) is 0 Å². The molecule has 0 amide bonds. The fourth-order valence-corrected chi connectivity index (χ4v) is 4.19. The molecule has 1 aliphatic heterocycles. The molecular weight excluding hydrogens is 336 g/mol. The van der Waals surface area contributed by atoms with Crippen LogP contribution in [0.5, 0.6) is 0 Å². The van der Waals surface area contributed by atoms with Gasteiger partial charge in [-0.25, -0.2) is 0 Å². The molecule has 1 unspecified atom stereocenters. The summed E-state index contributed by atoms with van der Waals surface area (Å²) in [6.45, 7) is 7.19. The van der Waals surface area contributed by atoms with Crippen LogP contribution < -0.4 is 10.2 Å². The van der Waals surface area contributed by atoms with Crippen molar-refractivity contribution in [1.29, 1.82) is 0 Å². The summed E-state index contributed by atoms with van der Waals surface area (Å²) in [6.07, 6.45) is 1.14. The minimum Gasteiger partial charge on any atom is -0.370 e. The molecule has 1 aliphatic rings. The average molecular weight is 359 g/mol. The maximum Gasteiger partial charge on any atom is 0.0411 e. The van der Waals surface area contributed by atoms with Crippen molar-refractivity contribution in [3.8, 4) is 0 Å². The lowest BCUT2D eigenvalue weighted by atomic mass is 10.1. The monoisotopic (exact) mass is 358 g/mol. The number of hydrogen-bond acceptors (Lipinski definition) is 3. The molecule has 0 aliphatic carbocycles. The number of nitrogens with zero attached hydrogens (tertiary/aromatic N) is 1. The van der Waals surface area contributed by atoms with Crippen molar-refractivity contribution < 1.29 is 4.21 Å². The molecule has 112 valence electrons. The first-order valence-corrected chi connectivity index (χ1v) is 9.52. The van der Waals surface area contributed by atoms with Gasteiger partial charge in [0, 0.05) is 51.6 Å². The highest BCUT2D eigenvalue weighted by atomic mass is 79.9. The molecule has 0 bridgehead atoms. The molecule has 1 saturated heterocycles. The Morgan fingerprint density at radius 1 is 1.40 bits per heavy atom. The van der Waals surface area contributed by atoms with Gasteiger partial charge in [-0.05, 0) is 37.6 Å². The number of benzene rings is 1. The van der Waals surface area contributed by atoms with Crippen LogP contribution in [0.15, 0.2) is 22.7 Å². The summed E-state index contributed by atoms with van der Waals surface area (Å²) < 4.78 is 12.6. The van der Waals surface area contributed by atoms with Gasteiger partial charge in [-0.2, -0.15) is 0 Å². The van der Waals surface area contributed by atoms with Crippen molar-refractivity contribution in [2.45, 2.75) is 26.3 Å². The summed E-state index contributed by atoms with van der Waals surface area (Å²) in [7, 11) is -0.619. The van der Waals surface area contributed by atoms with Crippen LogP contribution in [-0.4, -0.2) is 35.3 Å². The van der Waals surface area contributed by atoms with Crippen molar-refractivity contribution in [2.24, 2.45) is 0 Å². The van der Waals surface area contributed by atoms with E-state index in [4.69, 9.17) is 0 Å². The molecule has 20 heavy (non-hydrogen) atoms. The summed E-state index contributed by atoms with van der Waals surface area (Å²) >= 11 is 3.69. The number of rotatable bonds is 5. The SMILES string of the molecule is CCCNC(C)c1ccc(N2CCS(=O)CC2)cc1Br. The highest BCUT2D eigenvalue weighted by Gasteiger charge is 2.17. The molecule has 1 atom stereocenters. The molecule has 2 rings (SSSR count). The van der Waals surface area contributed by atoms with E-state index in [2.05, 4.69) is 58.2 Å².